The fourth-order valence-corrected chi connectivity index (χ4v) is 0.303. The number of nitrogens with two attached hydrogens (primary N) is 1. The van der Waals surface area contributed by atoms with E-state index in [0.29, 0.717) is 6.54 Å². The fraction of sp³-hybridized carbons (Fsp3) is 0.667. The summed E-state index contributed by atoms with van der Waals surface area (Å²) >= 11 is 0. The van der Waals surface area contributed by atoms with Gasteiger partial charge in [0.15, 0.2) is 0 Å². The van der Waals surface area contributed by atoms with Crippen molar-refractivity contribution in [2.45, 2.75) is 6.04 Å². The van der Waals surface area contributed by atoms with E-state index in [1.165, 1.54) is 0 Å². The molecule has 1 amide bonds. The Kier molecular flexibility index (Phi) is 0.569. The first-order valence-corrected chi connectivity index (χ1v) is 1.84. The SMILES string of the molecule is N[C@H]1CNC1=O. The molecule has 0 radical (unpaired) electrons. The molecule has 3 N–H and O–H groups in total. The third kappa shape index (κ3) is 0.285. The zero-order valence-corrected chi connectivity index (χ0v) is 3.27. The second kappa shape index (κ2) is 0.944. The Bertz CT molecular complexity index is 80.9. The van der Waals surface area contributed by atoms with Crippen LogP contribution in [0.5, 0.6) is 0 Å². The lowest BCUT2D eigenvalue weighted by molar-refractivity contribution is -0.127. The number of nitrogens with one attached hydrogen (secondary N) is 1. The van der Waals surface area contributed by atoms with Crippen LogP contribution in [0.15, 0.2) is 0 Å². The van der Waals surface area contributed by atoms with Crippen LogP contribution >= 0.6 is 0 Å². The summed E-state index contributed by atoms with van der Waals surface area (Å²) < 4.78 is 0. The van der Waals surface area contributed by atoms with Crippen molar-refractivity contribution in [3.8, 4) is 0 Å². The molecule has 0 unspecified atom stereocenters. The number of hydrogen-bond acceptors (Lipinski definition) is 2. The molecule has 0 aromatic heterocycles. The normalized spacial score (nSPS) is 31.5. The molecule has 1 atom stereocenters. The third-order valence-electron chi connectivity index (χ3n) is 0.833. The van der Waals surface area contributed by atoms with Gasteiger partial charge in [0, 0.05) is 6.54 Å². The van der Waals surface area contributed by atoms with Crippen molar-refractivity contribution in [3.05, 3.63) is 0 Å². The molecular weight excluding hydrogens is 80.0 g/mol. The zero-order chi connectivity index (χ0) is 4.57. The van der Waals surface area contributed by atoms with Crippen LogP contribution in [0, 0.1) is 0 Å². The molecule has 1 rings (SSSR count). The smallest absolute Gasteiger partial charge is 0.238 e. The maximum absolute atomic E-state index is 9.99. The Labute approximate surface area is 35.5 Å². The first kappa shape index (κ1) is 3.61. The van der Waals surface area contributed by atoms with E-state index >= 15 is 0 Å². The molecule has 3 heteroatoms. The molecule has 0 aromatic rings. The van der Waals surface area contributed by atoms with Crippen molar-refractivity contribution in [1.29, 1.82) is 0 Å². The lowest BCUT2D eigenvalue weighted by Crippen LogP contribution is -2.58. The monoisotopic (exact) mass is 86.0 g/mol. The molecule has 1 fully saturated rings. The molecule has 0 aromatic carbocycles. The highest BCUT2D eigenvalue weighted by molar-refractivity contribution is 5.87. The lowest BCUT2D eigenvalue weighted by atomic mass is 10.2. The minimum Gasteiger partial charge on any atom is -0.353 e. The van der Waals surface area contributed by atoms with Gasteiger partial charge in [-0.25, -0.2) is 0 Å². The summed E-state index contributed by atoms with van der Waals surface area (Å²) in [5.74, 6) is -0.0324. The van der Waals surface area contributed by atoms with E-state index in [-0.39, 0.29) is 11.9 Å². The first-order valence-electron chi connectivity index (χ1n) is 1.84. The summed E-state index contributed by atoms with van der Waals surface area (Å²) in [4.78, 5) is 9.99. The van der Waals surface area contributed by atoms with Gasteiger partial charge in [0.1, 0.15) is 6.04 Å². The number of amides is 1. The maximum Gasteiger partial charge on any atom is 0.238 e. The highest BCUT2D eigenvalue weighted by Crippen LogP contribution is 1.85. The highest BCUT2D eigenvalue weighted by atomic mass is 16.2. The average Bonchev–Trinajstić information content (AvgIpc) is 1.61. The van der Waals surface area contributed by atoms with Gasteiger partial charge in [-0.3, -0.25) is 4.79 Å². The van der Waals surface area contributed by atoms with Crippen molar-refractivity contribution in [1.82, 2.24) is 5.32 Å². The predicted molar refractivity (Wildman–Crippen MR) is 21.0 cm³/mol. The van der Waals surface area contributed by atoms with Crippen LogP contribution in [0.1, 0.15) is 0 Å². The number of β-lactam (4-membered cyclic amide) rings is 1. The Balaban J connectivity index is 2.39. The molecule has 0 spiro atoms. The second-order valence-electron chi connectivity index (χ2n) is 1.35. The summed E-state index contributed by atoms with van der Waals surface area (Å²) in [6.45, 7) is 0.652. The Hall–Kier alpha value is -0.570. The van der Waals surface area contributed by atoms with Crippen molar-refractivity contribution in [2.75, 3.05) is 6.54 Å². The number of hydrogen-bond donors (Lipinski definition) is 2. The molecule has 1 heterocycles. The van der Waals surface area contributed by atoms with Crippen LogP contribution in [0.4, 0.5) is 0 Å². The number of carbonyl (C=O) groups is 1. The van der Waals surface area contributed by atoms with Crippen molar-refractivity contribution in [3.63, 3.8) is 0 Å². The van der Waals surface area contributed by atoms with Crippen LogP contribution in [-0.2, 0) is 4.79 Å². The van der Waals surface area contributed by atoms with E-state index in [9.17, 15) is 4.79 Å². The van der Waals surface area contributed by atoms with Crippen LogP contribution in [-0.4, -0.2) is 18.5 Å². The van der Waals surface area contributed by atoms with E-state index in [0.717, 1.165) is 0 Å². The second-order valence-corrected chi connectivity index (χ2v) is 1.35. The molecule has 3 nitrogen and oxygen atoms in total. The molecule has 0 bridgehead atoms. The van der Waals surface area contributed by atoms with Crippen LogP contribution in [0.3, 0.4) is 0 Å². The Morgan fingerprint density at radius 2 is 2.50 bits per heavy atom. The number of rotatable bonds is 0. The lowest BCUT2D eigenvalue weighted by Gasteiger charge is -2.20. The van der Waals surface area contributed by atoms with E-state index in [2.05, 4.69) is 5.32 Å². The van der Waals surface area contributed by atoms with Gasteiger partial charge in [-0.2, -0.15) is 0 Å². The van der Waals surface area contributed by atoms with Gasteiger partial charge in [0.25, 0.3) is 0 Å². The van der Waals surface area contributed by atoms with Gasteiger partial charge in [0.2, 0.25) is 5.91 Å². The van der Waals surface area contributed by atoms with Gasteiger partial charge < -0.3 is 11.1 Å². The standard InChI is InChI=1S/C3H6N2O/c4-2-1-5-3(2)6/h2H,1,4H2,(H,5,6)/t2-/m0/s1. The maximum atomic E-state index is 9.99. The van der Waals surface area contributed by atoms with Crippen LogP contribution in [0.2, 0.25) is 0 Å². The van der Waals surface area contributed by atoms with Crippen molar-refractivity contribution in [2.24, 2.45) is 5.73 Å². The van der Waals surface area contributed by atoms with Gasteiger partial charge in [-0.1, -0.05) is 0 Å². The molecule has 0 aliphatic carbocycles. The molecule has 1 aliphatic heterocycles. The summed E-state index contributed by atoms with van der Waals surface area (Å²) in [6, 6.07) is -0.218. The Morgan fingerprint density at radius 3 is 2.50 bits per heavy atom. The van der Waals surface area contributed by atoms with E-state index in [4.69, 9.17) is 5.73 Å². The van der Waals surface area contributed by atoms with Gasteiger partial charge >= 0.3 is 0 Å². The zero-order valence-electron chi connectivity index (χ0n) is 3.27. The molecule has 6 heavy (non-hydrogen) atoms. The minimum atomic E-state index is -0.218. The molecule has 0 saturated carbocycles. The van der Waals surface area contributed by atoms with Crippen LogP contribution in [0.25, 0.3) is 0 Å². The van der Waals surface area contributed by atoms with Gasteiger partial charge in [-0.05, 0) is 0 Å². The third-order valence-corrected chi connectivity index (χ3v) is 0.833. The van der Waals surface area contributed by atoms with Gasteiger partial charge in [0.05, 0.1) is 0 Å². The Morgan fingerprint density at radius 1 is 2.00 bits per heavy atom. The largest absolute Gasteiger partial charge is 0.353 e. The highest BCUT2D eigenvalue weighted by Gasteiger charge is 2.21. The topological polar surface area (TPSA) is 55.1 Å². The fourth-order valence-electron chi connectivity index (χ4n) is 0.303. The molecule has 1 aliphatic rings. The van der Waals surface area contributed by atoms with E-state index in [1.807, 2.05) is 0 Å². The van der Waals surface area contributed by atoms with E-state index < -0.39 is 0 Å². The summed E-state index contributed by atoms with van der Waals surface area (Å²) in [7, 11) is 0. The van der Waals surface area contributed by atoms with E-state index in [1.54, 1.807) is 0 Å². The summed E-state index contributed by atoms with van der Waals surface area (Å²) in [5.41, 5.74) is 5.11. The summed E-state index contributed by atoms with van der Waals surface area (Å²) in [5, 5.41) is 2.49. The quantitative estimate of drug-likeness (QED) is 0.350. The van der Waals surface area contributed by atoms with Crippen molar-refractivity contribution >= 4 is 5.91 Å². The van der Waals surface area contributed by atoms with Crippen molar-refractivity contribution < 1.29 is 4.79 Å². The van der Waals surface area contributed by atoms with Gasteiger partial charge in [-0.15, -0.1) is 0 Å². The minimum absolute atomic E-state index is 0.0324. The molecule has 34 valence electrons. The first-order chi connectivity index (χ1) is 2.80. The number of carbonyl (C=O) groups excluding carboxylic acids is 1. The van der Waals surface area contributed by atoms with Crippen LogP contribution < -0.4 is 11.1 Å². The molecular formula is C3H6N2O. The molecule has 1 saturated heterocycles. The summed E-state index contributed by atoms with van der Waals surface area (Å²) in [6.07, 6.45) is 0. The predicted octanol–water partition coefficient (Wildman–Crippen LogP) is -1.56. The average molecular weight is 86.1 g/mol.